The van der Waals surface area contributed by atoms with Crippen molar-refractivity contribution in [2.24, 2.45) is 23.7 Å². The van der Waals surface area contributed by atoms with Crippen LogP contribution in [-0.4, -0.2) is 136 Å². The average molecular weight is 1580 g/mol. The number of β-amino-alcohol motifs (C(OH)–C–C–N with tert-alkyl or cyclic N) is 2. The average Bonchev–Trinajstić information content (AvgIpc) is 1.56. The van der Waals surface area contributed by atoms with Crippen molar-refractivity contribution in [1.82, 2.24) is 55.8 Å². The number of carbonyl (C=O) groups is 2. The first-order valence-electron chi connectivity index (χ1n) is 32.1. The molecule has 23 nitrogen and oxygen atoms in total. The van der Waals surface area contributed by atoms with Crippen molar-refractivity contribution < 1.29 is 37.9 Å². The molecule has 4 aromatic carbocycles. The molecule has 4 fully saturated rings. The number of halogens is 5. The second-order valence-electron chi connectivity index (χ2n) is 27.7. The molecule has 98 heavy (non-hydrogen) atoms. The normalized spacial score (nSPS) is 17.6. The molecule has 0 spiro atoms. The molecule has 0 saturated carbocycles. The van der Waals surface area contributed by atoms with Crippen LogP contribution < -0.4 is 25.8 Å². The smallest absolute Gasteiger partial charge is 0.324 e. The Hall–Kier alpha value is -7.04. The molecule has 4 saturated heterocycles. The fourth-order valence-electron chi connectivity index (χ4n) is 11.4. The van der Waals surface area contributed by atoms with Gasteiger partial charge in [0.1, 0.15) is 0 Å². The Kier molecular flexibility index (Phi) is 24.5. The van der Waals surface area contributed by atoms with Crippen molar-refractivity contribution in [3.63, 3.8) is 0 Å². The number of Topliss-reactive ketones (excluding diaryl/α,β-unsaturated/α-hetero) is 2. The number of ketones is 2. The SMILES string of the molecule is CC(C)C(C)(c1ccc(-c2cnc(N)nc2)cc1)c1noc(N2CC(C)(O)C2)n1.CC(C)C(C)(c1ccc(Br)cc1)c1noc(Cl)n1.CC(C)C(C)(c1ccc(Br)cc1)c1noc(N2CC(=O)C2)n1.CC(C)C(C)(c1ccc(Br)cc1)c1noc(N2CC(C)(O)C2)n1.Cl.O=C1CNC1. The summed E-state index contributed by atoms with van der Waals surface area (Å²) in [6.07, 6.45) is 3.43. The minimum atomic E-state index is -0.697. The number of carbonyl (C=O) groups excluding carboxylic acids is 2. The Morgan fingerprint density at radius 2 is 0.765 bits per heavy atom. The minimum absolute atomic E-state index is 0. The highest BCUT2D eigenvalue weighted by molar-refractivity contribution is 9.11. The number of nitrogen functional groups attached to an aromatic ring is 1. The van der Waals surface area contributed by atoms with E-state index in [1.54, 1.807) is 31.1 Å². The van der Waals surface area contributed by atoms with Crippen LogP contribution in [0.25, 0.3) is 11.1 Å². The number of anilines is 4. The molecule has 5 N–H and O–H groups in total. The van der Waals surface area contributed by atoms with Crippen molar-refractivity contribution in [2.45, 2.75) is 130 Å². The first kappa shape index (κ1) is 76.7. The maximum absolute atomic E-state index is 11.1. The molecule has 0 amide bonds. The zero-order chi connectivity index (χ0) is 70.6. The van der Waals surface area contributed by atoms with E-state index in [-0.39, 0.29) is 57.6 Å². The van der Waals surface area contributed by atoms with Gasteiger partial charge in [0.25, 0.3) is 0 Å². The summed E-state index contributed by atoms with van der Waals surface area (Å²) in [5.74, 6) is 4.49. The summed E-state index contributed by atoms with van der Waals surface area (Å²) in [4.78, 5) is 52.6. The van der Waals surface area contributed by atoms with Gasteiger partial charge in [0, 0.05) is 31.4 Å². The summed E-state index contributed by atoms with van der Waals surface area (Å²) in [5, 5.41) is 39.4. The quantitative estimate of drug-likeness (QED) is 0.0698. The molecule has 9 aromatic rings. The molecule has 0 aliphatic carbocycles. The van der Waals surface area contributed by atoms with Crippen molar-refractivity contribution in [2.75, 3.05) is 72.8 Å². The third-order valence-electron chi connectivity index (χ3n) is 19.3. The lowest BCUT2D eigenvalue weighted by Crippen LogP contribution is -2.60. The van der Waals surface area contributed by atoms with E-state index in [9.17, 15) is 19.8 Å². The summed E-state index contributed by atoms with van der Waals surface area (Å²) < 4.78 is 24.3. The van der Waals surface area contributed by atoms with E-state index in [4.69, 9.17) is 35.4 Å². The predicted octanol–water partition coefficient (Wildman–Crippen LogP) is 13.2. The standard InChI is InChI=1S/C21H26N6O2.C17H22BrN3O2.C16H18BrN3O2.C13H14BrClN2O.C3H5NO.ClH/c1-13(2)21(4,17-25-19(29-26-17)27-11-20(3,28)12-27)16-7-5-14(6-8-16)15-9-23-18(22)24-10-15;1-11(2)17(4,12-5-7-13(18)8-6-12)14-19-15(23-20-14)21-9-16(3,22)10-21;1-10(2)16(3,11-4-6-12(17)7-5-11)14-18-15(22-19-14)20-8-13(21)9-20;1-8(2)13(3,11-16-12(15)18-17-11)9-4-6-10(14)7-5-9;5-3-1-4-2-3;/h5-10,13,28H,11-12H2,1-4H3,(H2,22,23,24);5-8,11,22H,9-10H2,1-4H3;4-7,10H,8-9H2,1-3H3;4-8H,1-3H3;4H,1-2H2;1H. The maximum Gasteiger partial charge on any atom is 0.324 e. The van der Waals surface area contributed by atoms with E-state index < -0.39 is 16.6 Å². The van der Waals surface area contributed by atoms with Gasteiger partial charge in [0.15, 0.2) is 34.9 Å². The van der Waals surface area contributed by atoms with Gasteiger partial charge in [0.2, 0.25) is 5.95 Å². The van der Waals surface area contributed by atoms with Crippen molar-refractivity contribution >= 4 is 107 Å². The van der Waals surface area contributed by atoms with Crippen molar-refractivity contribution in [1.29, 1.82) is 0 Å². The van der Waals surface area contributed by atoms with Crippen LogP contribution in [0.1, 0.15) is 142 Å². The van der Waals surface area contributed by atoms with Crippen LogP contribution in [0.3, 0.4) is 0 Å². The number of aliphatic hydroxyl groups is 2. The molecule has 4 aliphatic heterocycles. The summed E-state index contributed by atoms with van der Waals surface area (Å²) in [6, 6.07) is 34.2. The molecule has 4 atom stereocenters. The van der Waals surface area contributed by atoms with Crippen LogP contribution in [0.5, 0.6) is 0 Å². The number of hydrogen-bond donors (Lipinski definition) is 4. The van der Waals surface area contributed by atoms with Gasteiger partial charge in [-0.25, -0.2) is 9.97 Å². The second-order valence-corrected chi connectivity index (χ2v) is 30.7. The topological polar surface area (TPSA) is 304 Å². The van der Waals surface area contributed by atoms with Crippen LogP contribution in [0, 0.1) is 23.7 Å². The van der Waals surface area contributed by atoms with Crippen molar-refractivity contribution in [3.8, 4) is 11.1 Å². The van der Waals surface area contributed by atoms with E-state index in [1.807, 2.05) is 58.3 Å². The Morgan fingerprint density at radius 1 is 0.480 bits per heavy atom. The van der Waals surface area contributed by atoms with Gasteiger partial charge < -0.3 is 54.1 Å². The van der Waals surface area contributed by atoms with Crippen LogP contribution >= 0.6 is 71.8 Å². The molecule has 28 heteroatoms. The molecule has 0 radical (unpaired) electrons. The number of rotatable bonds is 16. The first-order chi connectivity index (χ1) is 45.7. The summed E-state index contributed by atoms with van der Waals surface area (Å²) in [7, 11) is 0. The predicted molar refractivity (Wildman–Crippen MR) is 390 cm³/mol. The molecule has 5 aromatic heterocycles. The summed E-state index contributed by atoms with van der Waals surface area (Å²) >= 11 is 16.1. The van der Waals surface area contributed by atoms with E-state index in [1.165, 1.54) is 0 Å². The highest BCUT2D eigenvalue weighted by Crippen LogP contribution is 2.43. The second kappa shape index (κ2) is 31.2. The molecular weight excluding hydrogens is 1490 g/mol. The Labute approximate surface area is 608 Å². The van der Waals surface area contributed by atoms with Crippen molar-refractivity contribution in [3.05, 3.63) is 174 Å². The third kappa shape index (κ3) is 17.0. The fourth-order valence-corrected chi connectivity index (χ4v) is 12.3. The summed E-state index contributed by atoms with van der Waals surface area (Å²) in [5.41, 5.74) is 9.21. The van der Waals surface area contributed by atoms with E-state index in [2.05, 4.69) is 235 Å². The van der Waals surface area contributed by atoms with Gasteiger partial charge in [-0.05, 0) is 141 Å². The number of hydrogen-bond acceptors (Lipinski definition) is 23. The van der Waals surface area contributed by atoms with Gasteiger partial charge >= 0.3 is 23.4 Å². The fraction of sp³-hybridized carbons (Fsp3) is 0.457. The Balaban J connectivity index is 0.000000164. The zero-order valence-electron chi connectivity index (χ0n) is 57.5. The molecule has 4 unspecified atom stereocenters. The molecule has 9 heterocycles. The Bertz CT molecular complexity index is 4090. The molecule has 4 aliphatic rings. The van der Waals surface area contributed by atoms with Crippen LogP contribution in [-0.2, 0) is 31.2 Å². The van der Waals surface area contributed by atoms with Gasteiger partial charge in [-0.2, -0.15) is 19.9 Å². The van der Waals surface area contributed by atoms with Gasteiger partial charge in [0.05, 0.1) is 85.2 Å². The monoisotopic (exact) mass is 1570 g/mol. The highest BCUT2D eigenvalue weighted by atomic mass is 79.9. The van der Waals surface area contributed by atoms with Crippen LogP contribution in [0.4, 0.5) is 24.0 Å². The molecule has 0 bridgehead atoms. The van der Waals surface area contributed by atoms with Gasteiger partial charge in [-0.1, -0.05) is 184 Å². The number of benzene rings is 4. The largest absolute Gasteiger partial charge is 0.386 e. The van der Waals surface area contributed by atoms with E-state index in [0.717, 1.165) is 46.8 Å². The number of nitrogens with one attached hydrogen (secondary N) is 1. The van der Waals surface area contributed by atoms with Crippen LogP contribution in [0.15, 0.2) is 141 Å². The number of nitrogens with two attached hydrogens (primary N) is 1. The molecule has 524 valence electrons. The minimum Gasteiger partial charge on any atom is -0.386 e. The maximum atomic E-state index is 11.1. The molecular formula is C70H86Br3Cl2N15O8. The first-order valence-corrected chi connectivity index (χ1v) is 34.8. The number of aromatic nitrogens is 10. The third-order valence-corrected chi connectivity index (χ3v) is 21.0. The summed E-state index contributed by atoms with van der Waals surface area (Å²) in [6.45, 7) is 33.2. The van der Waals surface area contributed by atoms with Gasteiger partial charge in [-0.15, -0.1) is 12.4 Å². The van der Waals surface area contributed by atoms with E-state index >= 15 is 0 Å². The lowest BCUT2D eigenvalue weighted by atomic mass is 9.72. The lowest BCUT2D eigenvalue weighted by Gasteiger charge is -2.42. The van der Waals surface area contributed by atoms with Crippen LogP contribution in [0.2, 0.25) is 5.35 Å². The Morgan fingerprint density at radius 3 is 1.02 bits per heavy atom. The lowest BCUT2D eigenvalue weighted by molar-refractivity contribution is -0.121. The molecule has 13 rings (SSSR count). The van der Waals surface area contributed by atoms with Gasteiger partial charge in [-0.3, -0.25) is 9.59 Å². The zero-order valence-corrected chi connectivity index (χ0v) is 63.8. The highest BCUT2D eigenvalue weighted by Gasteiger charge is 2.45. The number of nitrogens with zero attached hydrogens (tertiary/aromatic N) is 13. The van der Waals surface area contributed by atoms with E-state index in [0.29, 0.717) is 111 Å².